The van der Waals surface area contributed by atoms with E-state index in [4.69, 9.17) is 5.73 Å². The number of pyridine rings is 1. The molecule has 0 bridgehead atoms. The number of nitrogens with zero attached hydrogens (tertiary/aromatic N) is 1. The van der Waals surface area contributed by atoms with Crippen molar-refractivity contribution in [2.24, 2.45) is 0 Å². The maximum Gasteiger partial charge on any atom is 0.146 e. The second kappa shape index (κ2) is 5.22. The maximum atomic E-state index is 13.2. The van der Waals surface area contributed by atoms with Gasteiger partial charge >= 0.3 is 0 Å². The Morgan fingerprint density at radius 1 is 1.11 bits per heavy atom. The van der Waals surface area contributed by atoms with Crippen LogP contribution in [0, 0.1) is 12.7 Å². The molecule has 0 atom stereocenters. The molecule has 3 heteroatoms. The molecule has 0 amide bonds. The van der Waals surface area contributed by atoms with Crippen LogP contribution in [0.4, 0.5) is 10.1 Å². The van der Waals surface area contributed by atoms with Gasteiger partial charge in [-0.2, -0.15) is 0 Å². The number of hydrogen-bond donors (Lipinski definition) is 1. The summed E-state index contributed by atoms with van der Waals surface area (Å²) < 4.78 is 13.2. The predicted octanol–water partition coefficient (Wildman–Crippen LogP) is 4.06. The molecule has 0 aliphatic rings. The normalized spacial score (nSPS) is 12.2. The van der Waals surface area contributed by atoms with Crippen molar-refractivity contribution in [1.29, 1.82) is 0 Å². The van der Waals surface area contributed by atoms with Crippen molar-refractivity contribution in [2.45, 2.75) is 20.8 Å². The van der Waals surface area contributed by atoms with Gasteiger partial charge < -0.3 is 5.73 Å². The molecule has 2 N–H and O–H groups in total. The van der Waals surface area contributed by atoms with E-state index in [0.717, 1.165) is 28.1 Å². The molecule has 0 saturated heterocycles. The number of nitrogens with two attached hydrogens (primary N) is 1. The molecule has 0 spiro atoms. The van der Waals surface area contributed by atoms with Crippen LogP contribution in [0.5, 0.6) is 0 Å². The monoisotopic (exact) mass is 256 g/mol. The van der Waals surface area contributed by atoms with Crippen LogP contribution in [0.2, 0.25) is 0 Å². The van der Waals surface area contributed by atoms with Crippen molar-refractivity contribution in [2.75, 3.05) is 5.73 Å². The molecule has 1 aromatic carbocycles. The zero-order valence-corrected chi connectivity index (χ0v) is 11.4. The molecule has 1 heterocycles. The summed E-state index contributed by atoms with van der Waals surface area (Å²) in [5.41, 5.74) is 10.7. The molecule has 2 nitrogen and oxygen atoms in total. The first-order chi connectivity index (χ1) is 8.99. The first-order valence-corrected chi connectivity index (χ1v) is 6.16. The molecule has 2 rings (SSSR count). The van der Waals surface area contributed by atoms with Gasteiger partial charge in [-0.15, -0.1) is 0 Å². The number of rotatable bonds is 2. The highest BCUT2D eigenvalue weighted by molar-refractivity contribution is 5.88. The summed E-state index contributed by atoms with van der Waals surface area (Å²) in [6.45, 7) is 5.96. The number of nitrogen functional groups attached to an aromatic ring is 1. The second-order valence-electron chi connectivity index (χ2n) is 4.65. The Labute approximate surface area is 112 Å². The van der Waals surface area contributed by atoms with Crippen LogP contribution in [-0.2, 0) is 0 Å². The fraction of sp³-hybridized carbons (Fsp3) is 0.188. The number of hydrogen-bond acceptors (Lipinski definition) is 2. The van der Waals surface area contributed by atoms with Gasteiger partial charge in [-0.3, -0.25) is 4.98 Å². The number of benzene rings is 1. The largest absolute Gasteiger partial charge is 0.396 e. The van der Waals surface area contributed by atoms with Gasteiger partial charge in [-0.05, 0) is 61.7 Å². The zero-order chi connectivity index (χ0) is 14.0. The zero-order valence-electron chi connectivity index (χ0n) is 11.4. The molecule has 0 radical (unpaired) electrons. The lowest BCUT2D eigenvalue weighted by molar-refractivity contribution is 0.632. The predicted molar refractivity (Wildman–Crippen MR) is 77.9 cm³/mol. The number of halogens is 1. The fourth-order valence-electron chi connectivity index (χ4n) is 1.94. The molecule has 0 saturated carbocycles. The Kier molecular flexibility index (Phi) is 3.65. The maximum absolute atomic E-state index is 13.2. The number of aromatic nitrogens is 1. The van der Waals surface area contributed by atoms with E-state index in [1.54, 1.807) is 12.1 Å². The minimum atomic E-state index is -0.386. The summed E-state index contributed by atoms with van der Waals surface area (Å²) in [4.78, 5) is 4.50. The first kappa shape index (κ1) is 13.3. The lowest BCUT2D eigenvalue weighted by Crippen LogP contribution is -1.94. The Bertz CT molecular complexity index is 645. The molecular weight excluding hydrogens is 239 g/mol. The van der Waals surface area contributed by atoms with Gasteiger partial charge in [0.2, 0.25) is 0 Å². The van der Waals surface area contributed by atoms with Gasteiger partial charge in [0.15, 0.2) is 0 Å². The van der Waals surface area contributed by atoms with E-state index < -0.39 is 0 Å². The van der Waals surface area contributed by atoms with Crippen molar-refractivity contribution in [3.8, 4) is 0 Å². The van der Waals surface area contributed by atoms with E-state index in [1.165, 1.54) is 6.07 Å². The molecule has 0 fully saturated rings. The highest BCUT2D eigenvalue weighted by Crippen LogP contribution is 2.26. The van der Waals surface area contributed by atoms with Crippen LogP contribution in [0.1, 0.15) is 30.8 Å². The van der Waals surface area contributed by atoms with Gasteiger partial charge in [0.25, 0.3) is 0 Å². The fourth-order valence-corrected chi connectivity index (χ4v) is 1.94. The van der Waals surface area contributed by atoms with E-state index in [0.29, 0.717) is 0 Å². The van der Waals surface area contributed by atoms with Crippen LogP contribution < -0.4 is 5.73 Å². The highest BCUT2D eigenvalue weighted by atomic mass is 19.1. The molecule has 0 aliphatic heterocycles. The molecule has 1 aromatic heterocycles. The summed E-state index contributed by atoms with van der Waals surface area (Å²) >= 11 is 0. The third-order valence-corrected chi connectivity index (χ3v) is 3.26. The Morgan fingerprint density at radius 3 is 2.47 bits per heavy atom. The van der Waals surface area contributed by atoms with Crippen molar-refractivity contribution in [1.82, 2.24) is 4.98 Å². The summed E-state index contributed by atoms with van der Waals surface area (Å²) in [5.74, 6) is -0.386. The summed E-state index contributed by atoms with van der Waals surface area (Å²) in [6.07, 6.45) is 0. The highest BCUT2D eigenvalue weighted by Gasteiger charge is 2.07. The quantitative estimate of drug-likeness (QED) is 0.823. The topological polar surface area (TPSA) is 38.9 Å². The number of aryl methyl sites for hydroxylation is 1. The number of allylic oxidation sites excluding steroid dienone is 2. The summed E-state index contributed by atoms with van der Waals surface area (Å²) in [5, 5.41) is 0. The van der Waals surface area contributed by atoms with Gasteiger partial charge in [0.05, 0.1) is 11.4 Å². The third-order valence-electron chi connectivity index (χ3n) is 3.26. The minimum Gasteiger partial charge on any atom is -0.396 e. The van der Waals surface area contributed by atoms with Gasteiger partial charge in [0.1, 0.15) is 5.82 Å². The van der Waals surface area contributed by atoms with E-state index in [9.17, 15) is 4.39 Å². The van der Waals surface area contributed by atoms with Gasteiger partial charge in [-0.25, -0.2) is 4.39 Å². The van der Waals surface area contributed by atoms with E-state index in [2.05, 4.69) is 4.98 Å². The van der Waals surface area contributed by atoms with Crippen LogP contribution >= 0.6 is 0 Å². The summed E-state index contributed by atoms with van der Waals surface area (Å²) in [7, 11) is 0. The van der Waals surface area contributed by atoms with Crippen molar-refractivity contribution in [3.05, 3.63) is 59.2 Å². The molecule has 19 heavy (non-hydrogen) atoms. The Hall–Kier alpha value is -2.16. The van der Waals surface area contributed by atoms with E-state index in [1.807, 2.05) is 39.0 Å². The lowest BCUT2D eigenvalue weighted by atomic mass is 9.99. The lowest BCUT2D eigenvalue weighted by Gasteiger charge is -2.09. The van der Waals surface area contributed by atoms with Crippen LogP contribution in [0.25, 0.3) is 11.1 Å². The van der Waals surface area contributed by atoms with Crippen molar-refractivity contribution >= 4 is 16.8 Å². The smallest absolute Gasteiger partial charge is 0.146 e. The molecule has 0 aliphatic carbocycles. The van der Waals surface area contributed by atoms with Crippen molar-refractivity contribution < 1.29 is 4.39 Å². The van der Waals surface area contributed by atoms with Crippen LogP contribution in [0.3, 0.4) is 0 Å². The first-order valence-electron chi connectivity index (χ1n) is 6.16. The van der Waals surface area contributed by atoms with Crippen LogP contribution in [0.15, 0.2) is 36.4 Å². The molecule has 2 aromatic rings. The number of anilines is 1. The standard InChI is InChI=1S/C16H17FN2/c1-10-5-4-6-16(19-10)12(3)11(2)13-7-8-14(17)15(18)9-13/h4-9H,18H2,1-3H3/b12-11-. The van der Waals surface area contributed by atoms with Gasteiger partial charge in [0, 0.05) is 5.69 Å². The van der Waals surface area contributed by atoms with E-state index >= 15 is 0 Å². The van der Waals surface area contributed by atoms with Gasteiger partial charge in [-0.1, -0.05) is 12.1 Å². The average Bonchev–Trinajstić information content (AvgIpc) is 2.40. The Balaban J connectivity index is 2.48. The van der Waals surface area contributed by atoms with E-state index in [-0.39, 0.29) is 11.5 Å². The molecular formula is C16H17FN2. The van der Waals surface area contributed by atoms with Crippen molar-refractivity contribution in [3.63, 3.8) is 0 Å². The molecule has 98 valence electrons. The Morgan fingerprint density at radius 2 is 1.84 bits per heavy atom. The second-order valence-corrected chi connectivity index (χ2v) is 4.65. The van der Waals surface area contributed by atoms with Crippen LogP contribution in [-0.4, -0.2) is 4.98 Å². The SMILES string of the molecule is C/C(=C(\C)c1cccc(C)n1)c1ccc(F)c(N)c1. The minimum absolute atomic E-state index is 0.168. The summed E-state index contributed by atoms with van der Waals surface area (Å²) in [6, 6.07) is 10.7. The molecule has 0 unspecified atom stereocenters. The average molecular weight is 256 g/mol. The third kappa shape index (κ3) is 2.81.